The van der Waals surface area contributed by atoms with Crippen LogP contribution < -0.4 is 15.4 Å². The van der Waals surface area contributed by atoms with Crippen molar-refractivity contribution in [3.8, 4) is 11.5 Å². The third-order valence-electron chi connectivity index (χ3n) is 5.97. The van der Waals surface area contributed by atoms with Gasteiger partial charge in [-0.2, -0.15) is 0 Å². The maximum Gasteiger partial charge on any atom is 0.257 e. The number of carbonyl (C=O) groups excluding carboxylic acids is 2. The van der Waals surface area contributed by atoms with Crippen LogP contribution in [0.4, 0.5) is 10.1 Å². The van der Waals surface area contributed by atoms with Gasteiger partial charge >= 0.3 is 0 Å². The number of benzene rings is 3. The molecular formula is C26H24FN3O4S. The minimum absolute atomic E-state index is 0.0657. The van der Waals surface area contributed by atoms with Crippen LogP contribution in [0.25, 0.3) is 0 Å². The standard InChI is InChI=1S/C26H24FN3O4S/c1-34-22-12-2-17(3-13-22)14-15-30-25(35)29-24(33)26(30,18-4-6-19(27)7-5-18)16-23(32)28-20-8-10-21(31)11-9-20/h2-13,31H,14-16H2,1H3,(H,28,32)(H,29,33,35). The van der Waals surface area contributed by atoms with Gasteiger partial charge in [-0.15, -0.1) is 0 Å². The van der Waals surface area contributed by atoms with Crippen molar-refractivity contribution in [2.24, 2.45) is 0 Å². The molecule has 0 radical (unpaired) electrons. The second kappa shape index (κ2) is 10.1. The molecule has 4 rings (SSSR count). The number of methoxy groups -OCH3 is 1. The van der Waals surface area contributed by atoms with E-state index in [1.54, 1.807) is 24.1 Å². The Morgan fingerprint density at radius 3 is 2.37 bits per heavy atom. The fourth-order valence-corrected chi connectivity index (χ4v) is 4.50. The first-order chi connectivity index (χ1) is 16.8. The van der Waals surface area contributed by atoms with Crippen molar-refractivity contribution < 1.29 is 23.8 Å². The molecule has 1 fully saturated rings. The van der Waals surface area contributed by atoms with Crippen LogP contribution in [-0.2, 0) is 21.5 Å². The Morgan fingerprint density at radius 1 is 1.09 bits per heavy atom. The van der Waals surface area contributed by atoms with Gasteiger partial charge in [-0.25, -0.2) is 4.39 Å². The molecule has 1 aliphatic heterocycles. The van der Waals surface area contributed by atoms with Crippen molar-refractivity contribution in [1.82, 2.24) is 10.2 Å². The zero-order chi connectivity index (χ0) is 25.0. The highest BCUT2D eigenvalue weighted by molar-refractivity contribution is 7.80. The van der Waals surface area contributed by atoms with Gasteiger partial charge in [0.05, 0.1) is 13.5 Å². The van der Waals surface area contributed by atoms with E-state index < -0.39 is 23.2 Å². The Labute approximate surface area is 207 Å². The first kappa shape index (κ1) is 24.2. The Hall–Kier alpha value is -3.98. The molecule has 0 spiro atoms. The lowest BCUT2D eigenvalue weighted by Crippen LogP contribution is -2.50. The average molecular weight is 494 g/mol. The van der Waals surface area contributed by atoms with E-state index in [0.717, 1.165) is 11.3 Å². The number of rotatable bonds is 8. The Morgan fingerprint density at radius 2 is 1.74 bits per heavy atom. The van der Waals surface area contributed by atoms with E-state index >= 15 is 0 Å². The highest BCUT2D eigenvalue weighted by Crippen LogP contribution is 2.37. The molecule has 7 nitrogen and oxygen atoms in total. The first-order valence-corrected chi connectivity index (χ1v) is 11.3. The molecule has 1 aliphatic rings. The second-order valence-electron chi connectivity index (χ2n) is 8.15. The number of amides is 2. The number of hydrogen-bond donors (Lipinski definition) is 3. The van der Waals surface area contributed by atoms with E-state index in [1.165, 1.54) is 36.4 Å². The van der Waals surface area contributed by atoms with Gasteiger partial charge in [0.1, 0.15) is 17.3 Å². The number of nitrogens with zero attached hydrogens (tertiary/aromatic N) is 1. The molecule has 0 aromatic heterocycles. The van der Waals surface area contributed by atoms with Gasteiger partial charge in [-0.1, -0.05) is 24.3 Å². The van der Waals surface area contributed by atoms with Crippen molar-refractivity contribution >= 4 is 34.8 Å². The van der Waals surface area contributed by atoms with Crippen LogP contribution in [0.2, 0.25) is 0 Å². The predicted octanol–water partition coefficient (Wildman–Crippen LogP) is 3.72. The number of thiocarbonyl (C=S) groups is 1. The van der Waals surface area contributed by atoms with E-state index in [1.807, 2.05) is 24.3 Å². The maximum absolute atomic E-state index is 13.7. The lowest BCUT2D eigenvalue weighted by molar-refractivity contribution is -0.131. The summed E-state index contributed by atoms with van der Waals surface area (Å²) in [6, 6.07) is 19.0. The van der Waals surface area contributed by atoms with E-state index in [-0.39, 0.29) is 17.3 Å². The summed E-state index contributed by atoms with van der Waals surface area (Å²) in [6.45, 7) is 0.341. The monoisotopic (exact) mass is 493 g/mol. The Balaban J connectivity index is 1.65. The van der Waals surface area contributed by atoms with E-state index in [2.05, 4.69) is 10.6 Å². The molecular weight excluding hydrogens is 469 g/mol. The van der Waals surface area contributed by atoms with Crippen LogP contribution in [-0.4, -0.2) is 40.6 Å². The second-order valence-corrected chi connectivity index (χ2v) is 8.53. The molecule has 0 bridgehead atoms. The van der Waals surface area contributed by atoms with Crippen LogP contribution in [0.1, 0.15) is 17.5 Å². The minimum Gasteiger partial charge on any atom is -0.508 e. The number of phenols is 1. The topological polar surface area (TPSA) is 90.9 Å². The van der Waals surface area contributed by atoms with Gasteiger partial charge in [0.15, 0.2) is 10.7 Å². The zero-order valence-electron chi connectivity index (χ0n) is 19.0. The van der Waals surface area contributed by atoms with E-state index in [0.29, 0.717) is 24.2 Å². The molecule has 9 heteroatoms. The minimum atomic E-state index is -1.46. The van der Waals surface area contributed by atoms with Crippen molar-refractivity contribution in [1.29, 1.82) is 0 Å². The number of nitrogens with one attached hydrogen (secondary N) is 2. The van der Waals surface area contributed by atoms with Crippen LogP contribution in [0, 0.1) is 5.82 Å². The number of hydrogen-bond acceptors (Lipinski definition) is 5. The van der Waals surface area contributed by atoms with E-state index in [4.69, 9.17) is 17.0 Å². The summed E-state index contributed by atoms with van der Waals surface area (Å²) in [6.07, 6.45) is 0.287. The largest absolute Gasteiger partial charge is 0.508 e. The van der Waals surface area contributed by atoms with Gasteiger partial charge in [0.25, 0.3) is 5.91 Å². The average Bonchev–Trinajstić information content (AvgIpc) is 3.09. The van der Waals surface area contributed by atoms with Crippen molar-refractivity contribution in [3.05, 3.63) is 89.7 Å². The molecule has 3 aromatic rings. The molecule has 2 amide bonds. The third-order valence-corrected chi connectivity index (χ3v) is 6.30. The normalized spacial score (nSPS) is 17.3. The summed E-state index contributed by atoms with van der Waals surface area (Å²) in [5.74, 6) is -0.549. The van der Waals surface area contributed by atoms with Crippen LogP contribution in [0.5, 0.6) is 11.5 Å². The van der Waals surface area contributed by atoms with Crippen LogP contribution in [0.3, 0.4) is 0 Å². The molecule has 3 N–H and O–H groups in total. The lowest BCUT2D eigenvalue weighted by atomic mass is 9.84. The van der Waals surface area contributed by atoms with Gasteiger partial charge in [-0.3, -0.25) is 9.59 Å². The van der Waals surface area contributed by atoms with Gasteiger partial charge < -0.3 is 25.4 Å². The fourth-order valence-electron chi connectivity index (χ4n) is 4.16. The fraction of sp³-hybridized carbons (Fsp3) is 0.192. The predicted molar refractivity (Wildman–Crippen MR) is 134 cm³/mol. The van der Waals surface area contributed by atoms with Gasteiger partial charge in [-0.05, 0) is 78.3 Å². The maximum atomic E-state index is 13.7. The summed E-state index contributed by atoms with van der Waals surface area (Å²) < 4.78 is 18.9. The molecule has 1 atom stereocenters. The quantitative estimate of drug-likeness (QED) is 0.327. The summed E-state index contributed by atoms with van der Waals surface area (Å²) in [5.41, 5.74) is 0.451. The Kier molecular flexibility index (Phi) is 6.97. The van der Waals surface area contributed by atoms with Gasteiger partial charge in [0, 0.05) is 12.2 Å². The van der Waals surface area contributed by atoms with Crippen LogP contribution in [0.15, 0.2) is 72.8 Å². The van der Waals surface area contributed by atoms with E-state index in [9.17, 15) is 19.1 Å². The first-order valence-electron chi connectivity index (χ1n) is 10.9. The Bertz CT molecular complexity index is 1230. The van der Waals surface area contributed by atoms with Crippen molar-refractivity contribution in [3.63, 3.8) is 0 Å². The summed E-state index contributed by atoms with van der Waals surface area (Å²) in [7, 11) is 1.59. The number of aromatic hydroxyl groups is 1. The molecule has 35 heavy (non-hydrogen) atoms. The van der Waals surface area contributed by atoms with Crippen molar-refractivity contribution in [2.45, 2.75) is 18.4 Å². The molecule has 0 aliphatic carbocycles. The molecule has 3 aromatic carbocycles. The highest BCUT2D eigenvalue weighted by Gasteiger charge is 2.53. The van der Waals surface area contributed by atoms with Gasteiger partial charge in [0.2, 0.25) is 5.91 Å². The summed E-state index contributed by atoms with van der Waals surface area (Å²) in [5, 5.41) is 15.1. The molecule has 1 unspecified atom stereocenters. The summed E-state index contributed by atoms with van der Waals surface area (Å²) >= 11 is 5.48. The molecule has 1 saturated heterocycles. The number of phenolic OH excluding ortho intramolecular Hbond substituents is 1. The summed E-state index contributed by atoms with van der Waals surface area (Å²) in [4.78, 5) is 28.2. The highest BCUT2D eigenvalue weighted by atomic mass is 32.1. The molecule has 0 saturated carbocycles. The number of anilines is 1. The molecule has 1 heterocycles. The zero-order valence-corrected chi connectivity index (χ0v) is 19.8. The van der Waals surface area contributed by atoms with Crippen molar-refractivity contribution in [2.75, 3.05) is 19.0 Å². The SMILES string of the molecule is COc1ccc(CCN2C(=S)NC(=O)C2(CC(=O)Nc2ccc(O)cc2)c2ccc(F)cc2)cc1. The number of carbonyl (C=O) groups is 2. The lowest BCUT2D eigenvalue weighted by Gasteiger charge is -2.36. The molecule has 180 valence electrons. The number of ether oxygens (including phenoxy) is 1. The smallest absolute Gasteiger partial charge is 0.257 e. The number of halogens is 1. The van der Waals surface area contributed by atoms with Crippen LogP contribution >= 0.6 is 12.2 Å². The third kappa shape index (κ3) is 5.09.